The molecule has 10 heteroatoms. The van der Waals surface area contributed by atoms with E-state index >= 15 is 0 Å². The Hall–Kier alpha value is -3.24. The van der Waals surface area contributed by atoms with E-state index in [0.717, 1.165) is 0 Å². The Bertz CT molecular complexity index is 1080. The monoisotopic (exact) mass is 432 g/mol. The van der Waals surface area contributed by atoms with Crippen molar-refractivity contribution in [3.05, 3.63) is 59.7 Å². The minimum absolute atomic E-state index is 0.0576. The summed E-state index contributed by atoms with van der Waals surface area (Å²) in [5, 5.41) is 3.67. The average Bonchev–Trinajstić information content (AvgIpc) is 3.15. The fourth-order valence-corrected chi connectivity index (χ4v) is 4.04. The molecule has 9 nitrogen and oxygen atoms in total. The number of sulfonamides is 1. The Balaban J connectivity index is 1.79. The summed E-state index contributed by atoms with van der Waals surface area (Å²) in [6.07, 6.45) is -0.477. The zero-order chi connectivity index (χ0) is 21.7. The van der Waals surface area contributed by atoms with Crippen molar-refractivity contribution in [3.63, 3.8) is 0 Å². The lowest BCUT2D eigenvalue weighted by Gasteiger charge is -2.15. The van der Waals surface area contributed by atoms with Gasteiger partial charge in [-0.05, 0) is 31.2 Å². The highest BCUT2D eigenvalue weighted by atomic mass is 32.2. The Morgan fingerprint density at radius 2 is 1.90 bits per heavy atom. The van der Waals surface area contributed by atoms with Gasteiger partial charge in [-0.25, -0.2) is 18.0 Å². The highest BCUT2D eigenvalue weighted by molar-refractivity contribution is 7.92. The van der Waals surface area contributed by atoms with E-state index in [1.807, 2.05) is 0 Å². The number of ether oxygens (including phenoxy) is 2. The van der Waals surface area contributed by atoms with E-state index in [1.54, 1.807) is 25.1 Å². The molecule has 1 unspecified atom stereocenters. The van der Waals surface area contributed by atoms with E-state index in [1.165, 1.54) is 37.4 Å². The third-order valence-corrected chi connectivity index (χ3v) is 5.59. The summed E-state index contributed by atoms with van der Waals surface area (Å²) >= 11 is 0. The molecule has 2 aromatic carbocycles. The van der Waals surface area contributed by atoms with Crippen LogP contribution in [-0.4, -0.2) is 45.9 Å². The molecule has 0 radical (unpaired) electrons. The van der Waals surface area contributed by atoms with Crippen LogP contribution in [0.4, 0.5) is 5.69 Å². The molecule has 1 heterocycles. The Kier molecular flexibility index (Phi) is 6.48. The molecule has 158 valence electrons. The molecule has 0 fully saturated rings. The van der Waals surface area contributed by atoms with Crippen molar-refractivity contribution in [1.29, 1.82) is 0 Å². The predicted molar refractivity (Wildman–Crippen MR) is 108 cm³/mol. The molecule has 0 aromatic heterocycles. The number of benzene rings is 2. The molecule has 1 atom stereocenters. The molecule has 0 saturated heterocycles. The van der Waals surface area contributed by atoms with Crippen molar-refractivity contribution >= 4 is 33.4 Å². The number of methoxy groups -OCH3 is 1. The maximum Gasteiger partial charge on any atom is 0.341 e. The van der Waals surface area contributed by atoms with Gasteiger partial charge in [-0.15, -0.1) is 0 Å². The van der Waals surface area contributed by atoms with Crippen LogP contribution in [0.3, 0.4) is 0 Å². The average molecular weight is 432 g/mol. The summed E-state index contributed by atoms with van der Waals surface area (Å²) in [5.41, 5.74) is 1.30. The van der Waals surface area contributed by atoms with Gasteiger partial charge < -0.3 is 14.3 Å². The first-order chi connectivity index (χ1) is 14.3. The van der Waals surface area contributed by atoms with E-state index in [2.05, 4.69) is 14.7 Å². The highest BCUT2D eigenvalue weighted by Gasteiger charge is 2.25. The molecule has 0 saturated carbocycles. The van der Waals surface area contributed by atoms with E-state index in [4.69, 9.17) is 9.47 Å². The number of nitrogens with zero attached hydrogens (tertiary/aromatic N) is 1. The molecule has 1 N–H and O–H groups in total. The molecule has 0 amide bonds. The zero-order valence-electron chi connectivity index (χ0n) is 16.3. The largest absolute Gasteiger partial charge is 0.457 e. The van der Waals surface area contributed by atoms with Crippen molar-refractivity contribution in [2.24, 2.45) is 5.16 Å². The SMILES string of the molecule is COCC(C)OC(=O)c1ccccc1S(=O)(=O)Nc1ccc(C2=NOC(=O)C2)cc1. The molecule has 1 aliphatic rings. The third-order valence-electron chi connectivity index (χ3n) is 4.15. The number of carbonyl (C=O) groups excluding carboxylic acids is 2. The fourth-order valence-electron chi connectivity index (χ4n) is 2.79. The number of carbonyl (C=O) groups is 2. The van der Waals surface area contributed by atoms with E-state index in [0.29, 0.717) is 11.3 Å². The number of nitrogens with one attached hydrogen (secondary N) is 1. The number of rotatable bonds is 8. The molecular weight excluding hydrogens is 412 g/mol. The van der Waals surface area contributed by atoms with Crippen molar-refractivity contribution < 1.29 is 32.3 Å². The van der Waals surface area contributed by atoms with Crippen LogP contribution < -0.4 is 4.72 Å². The fraction of sp³-hybridized carbons (Fsp3) is 0.250. The van der Waals surface area contributed by atoms with Gasteiger partial charge in [0.1, 0.15) is 11.0 Å². The summed E-state index contributed by atoms with van der Waals surface area (Å²) in [5.74, 6) is -1.21. The van der Waals surface area contributed by atoms with Crippen molar-refractivity contribution in [1.82, 2.24) is 0 Å². The van der Waals surface area contributed by atoms with E-state index in [9.17, 15) is 18.0 Å². The van der Waals surface area contributed by atoms with Crippen LogP contribution in [0.5, 0.6) is 0 Å². The van der Waals surface area contributed by atoms with Gasteiger partial charge >= 0.3 is 11.9 Å². The van der Waals surface area contributed by atoms with E-state index < -0.39 is 28.1 Å². The molecule has 0 bridgehead atoms. The van der Waals surface area contributed by atoms with Gasteiger partial charge in [-0.1, -0.05) is 29.4 Å². The normalized spacial score (nSPS) is 14.6. The Morgan fingerprint density at radius 1 is 1.20 bits per heavy atom. The second kappa shape index (κ2) is 9.06. The number of hydrogen-bond donors (Lipinski definition) is 1. The summed E-state index contributed by atoms with van der Waals surface area (Å²) in [4.78, 5) is 27.9. The van der Waals surface area contributed by atoms with Crippen LogP contribution in [-0.2, 0) is 29.1 Å². The van der Waals surface area contributed by atoms with Gasteiger partial charge in [0, 0.05) is 18.4 Å². The third kappa shape index (κ3) is 5.02. The van der Waals surface area contributed by atoms with Crippen LogP contribution in [0.1, 0.15) is 29.3 Å². The van der Waals surface area contributed by atoms with Crippen LogP contribution in [0.15, 0.2) is 58.6 Å². The first kappa shape index (κ1) is 21.5. The zero-order valence-corrected chi connectivity index (χ0v) is 17.1. The topological polar surface area (TPSA) is 120 Å². The number of oxime groups is 1. The van der Waals surface area contributed by atoms with Crippen LogP contribution >= 0.6 is 0 Å². The Morgan fingerprint density at radius 3 is 2.53 bits per heavy atom. The minimum Gasteiger partial charge on any atom is -0.457 e. The quantitative estimate of drug-likeness (QED) is 0.502. The van der Waals surface area contributed by atoms with Gasteiger partial charge in [-0.3, -0.25) is 4.72 Å². The number of anilines is 1. The Labute approximate surface area is 173 Å². The molecule has 0 aliphatic carbocycles. The van der Waals surface area contributed by atoms with Crippen molar-refractivity contribution in [3.8, 4) is 0 Å². The van der Waals surface area contributed by atoms with Gasteiger partial charge in [0.25, 0.3) is 10.0 Å². The predicted octanol–water partition coefficient (Wildman–Crippen LogP) is 2.33. The molecular formula is C20H20N2O7S. The molecule has 1 aliphatic heterocycles. The van der Waals surface area contributed by atoms with Gasteiger partial charge in [0.15, 0.2) is 0 Å². The first-order valence-electron chi connectivity index (χ1n) is 8.99. The maximum atomic E-state index is 12.9. The number of hydrogen-bond acceptors (Lipinski definition) is 8. The highest BCUT2D eigenvalue weighted by Crippen LogP contribution is 2.22. The molecule has 2 aromatic rings. The van der Waals surface area contributed by atoms with Crippen LogP contribution in [0.25, 0.3) is 0 Å². The summed E-state index contributed by atoms with van der Waals surface area (Å²) in [7, 11) is -2.59. The lowest BCUT2D eigenvalue weighted by atomic mass is 10.1. The smallest absolute Gasteiger partial charge is 0.341 e. The molecule has 3 rings (SSSR count). The summed E-state index contributed by atoms with van der Waals surface area (Å²) < 4.78 is 38.4. The lowest BCUT2D eigenvalue weighted by Crippen LogP contribution is -2.22. The standard InChI is InChI=1S/C20H20N2O7S/c1-13(12-27-2)28-20(24)16-5-3-4-6-18(16)30(25,26)22-15-9-7-14(8-10-15)17-11-19(23)29-21-17/h3-10,13,22H,11-12H2,1-2H3. The van der Waals surface area contributed by atoms with Crippen molar-refractivity contribution in [2.45, 2.75) is 24.3 Å². The van der Waals surface area contributed by atoms with E-state index in [-0.39, 0.29) is 29.2 Å². The van der Waals surface area contributed by atoms with Gasteiger partial charge in [-0.2, -0.15) is 0 Å². The van der Waals surface area contributed by atoms with Gasteiger partial charge in [0.05, 0.1) is 24.3 Å². The molecule has 0 spiro atoms. The minimum atomic E-state index is -4.07. The van der Waals surface area contributed by atoms with Crippen LogP contribution in [0, 0.1) is 0 Å². The maximum absolute atomic E-state index is 12.9. The number of esters is 1. The first-order valence-corrected chi connectivity index (χ1v) is 10.5. The molecule has 30 heavy (non-hydrogen) atoms. The van der Waals surface area contributed by atoms with Gasteiger partial charge in [0.2, 0.25) is 0 Å². The second-order valence-corrected chi connectivity index (χ2v) is 8.18. The lowest BCUT2D eigenvalue weighted by molar-refractivity contribution is -0.140. The summed E-state index contributed by atoms with van der Waals surface area (Å²) in [6, 6.07) is 12.1. The van der Waals surface area contributed by atoms with Crippen molar-refractivity contribution in [2.75, 3.05) is 18.4 Å². The summed E-state index contributed by atoms with van der Waals surface area (Å²) in [6.45, 7) is 1.83. The van der Waals surface area contributed by atoms with Crippen LogP contribution in [0.2, 0.25) is 0 Å². The second-order valence-electron chi connectivity index (χ2n) is 6.53.